The summed E-state index contributed by atoms with van der Waals surface area (Å²) in [4.78, 5) is 22.5. The lowest BCUT2D eigenvalue weighted by Crippen LogP contribution is -2.28. The quantitative estimate of drug-likeness (QED) is 0.807. The molecule has 0 bridgehead atoms. The van der Waals surface area contributed by atoms with Gasteiger partial charge in [-0.2, -0.15) is 0 Å². The molecule has 0 saturated carbocycles. The average Bonchev–Trinajstić information content (AvgIpc) is 2.64. The van der Waals surface area contributed by atoms with Crippen LogP contribution in [0.5, 0.6) is 5.75 Å². The number of ether oxygens (including phenoxy) is 1. The van der Waals surface area contributed by atoms with Crippen LogP contribution in [0.1, 0.15) is 35.8 Å². The Morgan fingerprint density at radius 2 is 2.00 bits per heavy atom. The zero-order chi connectivity index (χ0) is 17.4. The van der Waals surface area contributed by atoms with Crippen molar-refractivity contribution in [1.29, 1.82) is 0 Å². The third-order valence-electron chi connectivity index (χ3n) is 3.68. The zero-order valence-corrected chi connectivity index (χ0v) is 14.5. The van der Waals surface area contributed by atoms with E-state index in [4.69, 9.17) is 4.74 Å². The van der Waals surface area contributed by atoms with Crippen molar-refractivity contribution in [3.63, 3.8) is 0 Å². The number of amides is 1. The number of unbranched alkanes of at least 4 members (excludes halogenated alkanes) is 1. The smallest absolute Gasteiger partial charge is 0.272 e. The molecule has 0 radical (unpaired) electrons. The molecular formula is C18H24N4O2. The second-order valence-corrected chi connectivity index (χ2v) is 5.55. The van der Waals surface area contributed by atoms with Gasteiger partial charge in [-0.1, -0.05) is 25.5 Å². The molecule has 1 heterocycles. The molecular weight excluding hydrogens is 304 g/mol. The first-order valence-corrected chi connectivity index (χ1v) is 8.09. The lowest BCUT2D eigenvalue weighted by atomic mass is 10.2. The highest BCUT2D eigenvalue weighted by molar-refractivity contribution is 5.92. The molecule has 6 heteroatoms. The topological polar surface area (TPSA) is 67.4 Å². The molecule has 0 aliphatic rings. The minimum atomic E-state index is -0.0849. The van der Waals surface area contributed by atoms with Crippen molar-refractivity contribution in [2.75, 3.05) is 26.0 Å². The predicted molar refractivity (Wildman–Crippen MR) is 94.2 cm³/mol. The van der Waals surface area contributed by atoms with Crippen molar-refractivity contribution in [3.8, 4) is 5.75 Å². The Morgan fingerprint density at radius 3 is 2.67 bits per heavy atom. The van der Waals surface area contributed by atoms with Crippen LogP contribution in [0.3, 0.4) is 0 Å². The lowest BCUT2D eigenvalue weighted by Gasteiger charge is -2.16. The SMILES string of the molecule is CCCCN(C)C(=O)c1ccnc(NCc2ccc(OC)cc2)n1. The standard InChI is InChI=1S/C18H24N4O2/c1-4-5-12-22(2)17(23)16-10-11-19-18(21-16)20-13-14-6-8-15(24-3)9-7-14/h6-11H,4-5,12-13H2,1-3H3,(H,19,20,21). The van der Waals surface area contributed by atoms with Gasteiger partial charge in [0.05, 0.1) is 7.11 Å². The number of aromatic nitrogens is 2. The van der Waals surface area contributed by atoms with Crippen LogP contribution >= 0.6 is 0 Å². The first-order chi connectivity index (χ1) is 11.6. The molecule has 6 nitrogen and oxygen atoms in total. The van der Waals surface area contributed by atoms with Gasteiger partial charge in [-0.15, -0.1) is 0 Å². The van der Waals surface area contributed by atoms with Gasteiger partial charge in [0.1, 0.15) is 11.4 Å². The summed E-state index contributed by atoms with van der Waals surface area (Å²) < 4.78 is 5.14. The van der Waals surface area contributed by atoms with Crippen LogP contribution in [0.4, 0.5) is 5.95 Å². The molecule has 24 heavy (non-hydrogen) atoms. The van der Waals surface area contributed by atoms with E-state index in [1.165, 1.54) is 0 Å². The van der Waals surface area contributed by atoms with E-state index in [1.807, 2.05) is 24.3 Å². The van der Waals surface area contributed by atoms with Crippen molar-refractivity contribution in [1.82, 2.24) is 14.9 Å². The molecule has 0 atom stereocenters. The molecule has 0 aliphatic carbocycles. The number of nitrogens with zero attached hydrogens (tertiary/aromatic N) is 3. The Balaban J connectivity index is 1.97. The number of carbonyl (C=O) groups is 1. The fraction of sp³-hybridized carbons (Fsp3) is 0.389. The van der Waals surface area contributed by atoms with E-state index in [0.29, 0.717) is 18.2 Å². The summed E-state index contributed by atoms with van der Waals surface area (Å²) in [7, 11) is 3.44. The van der Waals surface area contributed by atoms with Crippen molar-refractivity contribution in [3.05, 3.63) is 47.8 Å². The Hall–Kier alpha value is -2.63. The third-order valence-corrected chi connectivity index (χ3v) is 3.68. The highest BCUT2D eigenvalue weighted by Gasteiger charge is 2.13. The van der Waals surface area contributed by atoms with Gasteiger partial charge in [-0.05, 0) is 30.2 Å². The molecule has 0 aliphatic heterocycles. The maximum Gasteiger partial charge on any atom is 0.272 e. The third kappa shape index (κ3) is 4.94. The van der Waals surface area contributed by atoms with Crippen molar-refractivity contribution >= 4 is 11.9 Å². The number of anilines is 1. The van der Waals surface area contributed by atoms with Gasteiger partial charge in [-0.25, -0.2) is 9.97 Å². The molecule has 128 valence electrons. The molecule has 0 unspecified atom stereocenters. The van der Waals surface area contributed by atoms with Crippen LogP contribution in [-0.4, -0.2) is 41.5 Å². The van der Waals surface area contributed by atoms with E-state index in [2.05, 4.69) is 22.2 Å². The number of nitrogens with one attached hydrogen (secondary N) is 1. The summed E-state index contributed by atoms with van der Waals surface area (Å²) in [6.45, 7) is 3.41. The Kier molecular flexibility index (Phi) is 6.54. The number of hydrogen-bond acceptors (Lipinski definition) is 5. The van der Waals surface area contributed by atoms with Gasteiger partial charge in [-0.3, -0.25) is 4.79 Å². The maximum atomic E-state index is 12.3. The first kappa shape index (κ1) is 17.7. The van der Waals surface area contributed by atoms with Crippen molar-refractivity contribution in [2.45, 2.75) is 26.3 Å². The fourth-order valence-corrected chi connectivity index (χ4v) is 2.18. The summed E-state index contributed by atoms with van der Waals surface area (Å²) in [5.41, 5.74) is 1.48. The van der Waals surface area contributed by atoms with Crippen LogP contribution in [0.2, 0.25) is 0 Å². The summed E-state index contributed by atoms with van der Waals surface area (Å²) in [5.74, 6) is 1.18. The zero-order valence-electron chi connectivity index (χ0n) is 14.5. The fourth-order valence-electron chi connectivity index (χ4n) is 2.18. The van der Waals surface area contributed by atoms with Gasteiger partial charge in [0.2, 0.25) is 5.95 Å². The molecule has 0 spiro atoms. The maximum absolute atomic E-state index is 12.3. The molecule has 1 N–H and O–H groups in total. The minimum Gasteiger partial charge on any atom is -0.497 e. The van der Waals surface area contributed by atoms with Gasteiger partial charge in [0, 0.05) is 26.3 Å². The van der Waals surface area contributed by atoms with E-state index >= 15 is 0 Å². The van der Waals surface area contributed by atoms with Crippen LogP contribution in [-0.2, 0) is 6.54 Å². The van der Waals surface area contributed by atoms with Gasteiger partial charge in [0.25, 0.3) is 5.91 Å². The highest BCUT2D eigenvalue weighted by Crippen LogP contribution is 2.12. The van der Waals surface area contributed by atoms with E-state index in [9.17, 15) is 4.79 Å². The molecule has 1 aromatic heterocycles. The van der Waals surface area contributed by atoms with Crippen molar-refractivity contribution in [2.24, 2.45) is 0 Å². The van der Waals surface area contributed by atoms with Gasteiger partial charge < -0.3 is 15.0 Å². The normalized spacial score (nSPS) is 10.3. The second-order valence-electron chi connectivity index (χ2n) is 5.55. The Bertz CT molecular complexity index is 658. The average molecular weight is 328 g/mol. The van der Waals surface area contributed by atoms with Gasteiger partial charge >= 0.3 is 0 Å². The molecule has 1 aromatic carbocycles. The van der Waals surface area contributed by atoms with Crippen molar-refractivity contribution < 1.29 is 9.53 Å². The van der Waals surface area contributed by atoms with E-state index < -0.39 is 0 Å². The Labute approximate surface area is 142 Å². The number of methoxy groups -OCH3 is 1. The van der Waals surface area contributed by atoms with Crippen LogP contribution < -0.4 is 10.1 Å². The van der Waals surface area contributed by atoms with Gasteiger partial charge in [0.15, 0.2) is 0 Å². The van der Waals surface area contributed by atoms with E-state index in [-0.39, 0.29) is 5.91 Å². The summed E-state index contributed by atoms with van der Waals surface area (Å²) in [6, 6.07) is 9.39. The van der Waals surface area contributed by atoms with E-state index in [0.717, 1.165) is 30.7 Å². The van der Waals surface area contributed by atoms with Crippen LogP contribution in [0.15, 0.2) is 36.5 Å². The Morgan fingerprint density at radius 1 is 1.25 bits per heavy atom. The molecule has 2 rings (SSSR count). The summed E-state index contributed by atoms with van der Waals surface area (Å²) in [6.07, 6.45) is 3.64. The summed E-state index contributed by atoms with van der Waals surface area (Å²) in [5, 5.41) is 3.14. The molecule has 0 fully saturated rings. The lowest BCUT2D eigenvalue weighted by molar-refractivity contribution is 0.0787. The largest absolute Gasteiger partial charge is 0.497 e. The van der Waals surface area contributed by atoms with Crippen LogP contribution in [0, 0.1) is 0 Å². The molecule has 2 aromatic rings. The predicted octanol–water partition coefficient (Wildman–Crippen LogP) is 2.97. The molecule has 1 amide bonds. The second kappa shape index (κ2) is 8.86. The number of carbonyl (C=O) groups excluding carboxylic acids is 1. The monoisotopic (exact) mass is 328 g/mol. The number of hydrogen-bond donors (Lipinski definition) is 1. The minimum absolute atomic E-state index is 0.0849. The molecule has 0 saturated heterocycles. The van der Waals surface area contributed by atoms with Crippen LogP contribution in [0.25, 0.3) is 0 Å². The first-order valence-electron chi connectivity index (χ1n) is 8.09. The summed E-state index contributed by atoms with van der Waals surface area (Å²) >= 11 is 0. The van der Waals surface area contributed by atoms with E-state index in [1.54, 1.807) is 31.3 Å². The number of benzene rings is 1. The number of rotatable bonds is 8. The highest BCUT2D eigenvalue weighted by atomic mass is 16.5.